The van der Waals surface area contributed by atoms with Crippen molar-refractivity contribution in [2.24, 2.45) is 0 Å². The summed E-state index contributed by atoms with van der Waals surface area (Å²) < 4.78 is 5.24. The Morgan fingerprint density at radius 1 is 1.75 bits per heavy atom. The molecule has 0 saturated heterocycles. The summed E-state index contributed by atoms with van der Waals surface area (Å²) in [5.74, 6) is 1.64. The SMILES string of the molecule is CSCCC(=O)C1=CCCCO1. The first-order chi connectivity index (χ1) is 5.84. The number of ketones is 1. The molecule has 0 unspecified atom stereocenters. The van der Waals surface area contributed by atoms with Crippen molar-refractivity contribution in [2.45, 2.75) is 19.3 Å². The molecule has 0 radical (unpaired) electrons. The van der Waals surface area contributed by atoms with E-state index in [0.29, 0.717) is 18.8 Å². The number of ether oxygens (including phenoxy) is 1. The second kappa shape index (κ2) is 5.25. The normalized spacial score (nSPS) is 16.6. The molecule has 3 heteroatoms. The average Bonchev–Trinajstić information content (AvgIpc) is 2.15. The first-order valence-electron chi connectivity index (χ1n) is 4.19. The van der Waals surface area contributed by atoms with E-state index in [-0.39, 0.29) is 5.78 Å². The number of rotatable bonds is 4. The summed E-state index contributed by atoms with van der Waals surface area (Å²) in [4.78, 5) is 11.4. The van der Waals surface area contributed by atoms with Gasteiger partial charge >= 0.3 is 0 Å². The van der Waals surface area contributed by atoms with E-state index in [1.807, 2.05) is 12.3 Å². The quantitative estimate of drug-likeness (QED) is 0.671. The van der Waals surface area contributed by atoms with Crippen LogP contribution in [0, 0.1) is 0 Å². The smallest absolute Gasteiger partial charge is 0.197 e. The molecule has 1 heterocycles. The minimum Gasteiger partial charge on any atom is -0.490 e. The van der Waals surface area contributed by atoms with Crippen molar-refractivity contribution in [3.63, 3.8) is 0 Å². The summed E-state index contributed by atoms with van der Waals surface area (Å²) in [5.41, 5.74) is 0. The molecule has 0 aromatic heterocycles. The van der Waals surface area contributed by atoms with Crippen LogP contribution in [0.1, 0.15) is 19.3 Å². The molecular weight excluding hydrogens is 172 g/mol. The molecule has 0 N–H and O–H groups in total. The summed E-state index contributed by atoms with van der Waals surface area (Å²) in [5, 5.41) is 0. The second-order valence-electron chi connectivity index (χ2n) is 2.73. The maximum absolute atomic E-state index is 11.4. The van der Waals surface area contributed by atoms with Crippen molar-refractivity contribution in [1.82, 2.24) is 0 Å². The minimum atomic E-state index is 0.157. The first-order valence-corrected chi connectivity index (χ1v) is 5.59. The van der Waals surface area contributed by atoms with Gasteiger partial charge in [0.05, 0.1) is 6.61 Å². The summed E-state index contributed by atoms with van der Waals surface area (Å²) in [7, 11) is 0. The maximum Gasteiger partial charge on any atom is 0.197 e. The lowest BCUT2D eigenvalue weighted by Gasteiger charge is -2.13. The number of hydrogen-bond donors (Lipinski definition) is 0. The zero-order valence-electron chi connectivity index (χ0n) is 7.34. The summed E-state index contributed by atoms with van der Waals surface area (Å²) in [6, 6.07) is 0. The van der Waals surface area contributed by atoms with E-state index in [9.17, 15) is 4.79 Å². The van der Waals surface area contributed by atoms with Gasteiger partial charge in [0, 0.05) is 12.2 Å². The molecule has 0 aliphatic carbocycles. The fourth-order valence-corrected chi connectivity index (χ4v) is 1.46. The van der Waals surface area contributed by atoms with Crippen LogP contribution >= 0.6 is 11.8 Å². The van der Waals surface area contributed by atoms with Crippen molar-refractivity contribution in [3.8, 4) is 0 Å². The Bertz CT molecular complexity index is 187. The van der Waals surface area contributed by atoms with Gasteiger partial charge in [0.2, 0.25) is 0 Å². The van der Waals surface area contributed by atoms with Crippen LogP contribution in [0.5, 0.6) is 0 Å². The zero-order valence-corrected chi connectivity index (χ0v) is 8.15. The van der Waals surface area contributed by atoms with Crippen molar-refractivity contribution >= 4 is 17.5 Å². The maximum atomic E-state index is 11.4. The highest BCUT2D eigenvalue weighted by Crippen LogP contribution is 2.13. The Balaban J connectivity index is 2.35. The number of hydrogen-bond acceptors (Lipinski definition) is 3. The van der Waals surface area contributed by atoms with E-state index >= 15 is 0 Å². The van der Waals surface area contributed by atoms with Gasteiger partial charge in [0.1, 0.15) is 0 Å². The second-order valence-corrected chi connectivity index (χ2v) is 3.71. The molecule has 0 amide bonds. The topological polar surface area (TPSA) is 26.3 Å². The molecule has 1 rings (SSSR count). The summed E-state index contributed by atoms with van der Waals surface area (Å²) in [6.45, 7) is 0.705. The van der Waals surface area contributed by atoms with E-state index in [2.05, 4.69) is 0 Å². The molecule has 1 aliphatic heterocycles. The molecule has 0 saturated carbocycles. The largest absolute Gasteiger partial charge is 0.490 e. The highest BCUT2D eigenvalue weighted by atomic mass is 32.2. The van der Waals surface area contributed by atoms with Gasteiger partial charge in [-0.05, 0) is 25.2 Å². The Kier molecular flexibility index (Phi) is 4.22. The fraction of sp³-hybridized carbons (Fsp3) is 0.667. The van der Waals surface area contributed by atoms with Gasteiger partial charge < -0.3 is 4.74 Å². The third kappa shape index (κ3) is 2.89. The van der Waals surface area contributed by atoms with E-state index in [1.165, 1.54) is 0 Å². The Morgan fingerprint density at radius 3 is 3.17 bits per heavy atom. The summed E-state index contributed by atoms with van der Waals surface area (Å²) >= 11 is 1.69. The van der Waals surface area contributed by atoms with E-state index in [4.69, 9.17) is 4.74 Å². The molecule has 0 spiro atoms. The molecule has 12 heavy (non-hydrogen) atoms. The number of Topliss-reactive ketones (excluding diaryl/α,β-unsaturated/α-hetero) is 1. The molecule has 1 aliphatic rings. The van der Waals surface area contributed by atoms with Crippen LogP contribution in [0.3, 0.4) is 0 Å². The van der Waals surface area contributed by atoms with E-state index in [1.54, 1.807) is 11.8 Å². The van der Waals surface area contributed by atoms with Crippen molar-refractivity contribution < 1.29 is 9.53 Å². The predicted octanol–water partition coefficient (Wildman–Crippen LogP) is 2.00. The van der Waals surface area contributed by atoms with Gasteiger partial charge in [-0.3, -0.25) is 4.79 Å². The van der Waals surface area contributed by atoms with Crippen LogP contribution in [-0.4, -0.2) is 24.4 Å². The van der Waals surface area contributed by atoms with E-state index < -0.39 is 0 Å². The van der Waals surface area contributed by atoms with Crippen LogP contribution in [0.4, 0.5) is 0 Å². The molecule has 0 fully saturated rings. The Morgan fingerprint density at radius 2 is 2.58 bits per heavy atom. The fourth-order valence-electron chi connectivity index (χ4n) is 1.07. The minimum absolute atomic E-state index is 0.157. The van der Waals surface area contributed by atoms with E-state index in [0.717, 1.165) is 18.6 Å². The number of thioether (sulfide) groups is 1. The standard InChI is InChI=1S/C9H14O2S/c1-12-7-5-8(10)9-4-2-3-6-11-9/h4H,2-3,5-7H2,1H3. The lowest BCUT2D eigenvalue weighted by atomic mass is 10.2. The third-order valence-corrected chi connectivity index (χ3v) is 2.36. The van der Waals surface area contributed by atoms with Crippen molar-refractivity contribution in [3.05, 3.63) is 11.8 Å². The zero-order chi connectivity index (χ0) is 8.81. The van der Waals surface area contributed by atoms with Crippen LogP contribution in [0.15, 0.2) is 11.8 Å². The third-order valence-electron chi connectivity index (χ3n) is 1.74. The van der Waals surface area contributed by atoms with Crippen LogP contribution in [-0.2, 0) is 9.53 Å². The van der Waals surface area contributed by atoms with Crippen molar-refractivity contribution in [2.75, 3.05) is 18.6 Å². The highest BCUT2D eigenvalue weighted by Gasteiger charge is 2.12. The van der Waals surface area contributed by atoms with Crippen LogP contribution < -0.4 is 0 Å². The van der Waals surface area contributed by atoms with Crippen LogP contribution in [0.2, 0.25) is 0 Å². The van der Waals surface area contributed by atoms with Crippen LogP contribution in [0.25, 0.3) is 0 Å². The lowest BCUT2D eigenvalue weighted by Crippen LogP contribution is -2.11. The number of carbonyl (C=O) groups excluding carboxylic acids is 1. The first kappa shape index (κ1) is 9.65. The molecule has 0 aromatic rings. The Hall–Kier alpha value is -0.440. The van der Waals surface area contributed by atoms with Gasteiger partial charge in [-0.2, -0.15) is 11.8 Å². The molecule has 68 valence electrons. The van der Waals surface area contributed by atoms with Gasteiger partial charge in [-0.15, -0.1) is 0 Å². The average molecular weight is 186 g/mol. The molecule has 0 bridgehead atoms. The van der Waals surface area contributed by atoms with Gasteiger partial charge in [0.25, 0.3) is 0 Å². The lowest BCUT2D eigenvalue weighted by molar-refractivity contribution is -0.118. The number of allylic oxidation sites excluding steroid dienone is 2. The molecular formula is C9H14O2S. The Labute approximate surface area is 77.4 Å². The highest BCUT2D eigenvalue weighted by molar-refractivity contribution is 7.98. The monoisotopic (exact) mass is 186 g/mol. The number of carbonyl (C=O) groups is 1. The van der Waals surface area contributed by atoms with Gasteiger partial charge in [-0.25, -0.2) is 0 Å². The molecule has 2 nitrogen and oxygen atoms in total. The summed E-state index contributed by atoms with van der Waals surface area (Å²) in [6.07, 6.45) is 6.54. The predicted molar refractivity (Wildman–Crippen MR) is 51.3 cm³/mol. The van der Waals surface area contributed by atoms with Gasteiger partial charge in [0.15, 0.2) is 11.5 Å². The molecule has 0 atom stereocenters. The molecule has 0 aromatic carbocycles. The van der Waals surface area contributed by atoms with Crippen molar-refractivity contribution in [1.29, 1.82) is 0 Å². The van der Waals surface area contributed by atoms with Gasteiger partial charge in [-0.1, -0.05) is 0 Å².